The summed E-state index contributed by atoms with van der Waals surface area (Å²) in [5.74, 6) is -0.698. The molecule has 1 aliphatic rings. The molecule has 1 amide bonds. The number of unbranched alkanes of at least 4 members (excludes halogenated alkanes) is 1. The number of benzene rings is 1. The van der Waals surface area contributed by atoms with Gasteiger partial charge < -0.3 is 4.90 Å². The number of hydrogen-bond acceptors (Lipinski definition) is 3. The van der Waals surface area contributed by atoms with Crippen LogP contribution in [0.25, 0.3) is 0 Å². The van der Waals surface area contributed by atoms with E-state index in [1.807, 2.05) is 6.92 Å². The lowest BCUT2D eigenvalue weighted by Gasteiger charge is -2.28. The van der Waals surface area contributed by atoms with Gasteiger partial charge in [0.2, 0.25) is 0 Å². The van der Waals surface area contributed by atoms with Crippen molar-refractivity contribution in [3.05, 3.63) is 34.1 Å². The highest BCUT2D eigenvalue weighted by Gasteiger charge is 2.35. The van der Waals surface area contributed by atoms with Crippen molar-refractivity contribution in [1.29, 1.82) is 0 Å². The van der Waals surface area contributed by atoms with E-state index in [0.29, 0.717) is 17.4 Å². The van der Waals surface area contributed by atoms with Crippen LogP contribution in [0.5, 0.6) is 0 Å². The number of rotatable bonds is 5. The van der Waals surface area contributed by atoms with Gasteiger partial charge in [-0.25, -0.2) is 12.8 Å². The Bertz CT molecular complexity index is 663. The number of hydrogen-bond donors (Lipinski definition) is 0. The zero-order valence-electron chi connectivity index (χ0n) is 12.4. The molecule has 1 aromatic carbocycles. The molecular formula is C15H19BrFNO3S. The van der Waals surface area contributed by atoms with Crippen LogP contribution in [-0.2, 0) is 9.84 Å². The van der Waals surface area contributed by atoms with Gasteiger partial charge in [-0.2, -0.15) is 0 Å². The molecule has 1 fully saturated rings. The highest BCUT2D eigenvalue weighted by Crippen LogP contribution is 2.24. The summed E-state index contributed by atoms with van der Waals surface area (Å²) < 4.78 is 37.3. The Hall–Kier alpha value is -0.950. The minimum absolute atomic E-state index is 0.00457. The first kappa shape index (κ1) is 17.4. The Kier molecular flexibility index (Phi) is 5.60. The van der Waals surface area contributed by atoms with Crippen LogP contribution in [0.3, 0.4) is 0 Å². The van der Waals surface area contributed by atoms with Crippen molar-refractivity contribution in [2.45, 2.75) is 32.2 Å². The van der Waals surface area contributed by atoms with E-state index >= 15 is 0 Å². The Balaban J connectivity index is 2.28. The van der Waals surface area contributed by atoms with Gasteiger partial charge in [0.1, 0.15) is 5.82 Å². The highest BCUT2D eigenvalue weighted by atomic mass is 79.9. The van der Waals surface area contributed by atoms with Crippen LogP contribution in [0.15, 0.2) is 22.7 Å². The lowest BCUT2D eigenvalue weighted by Crippen LogP contribution is -2.42. The maximum absolute atomic E-state index is 13.4. The second kappa shape index (κ2) is 7.08. The first-order chi connectivity index (χ1) is 10.3. The molecule has 0 bridgehead atoms. The molecule has 0 aromatic heterocycles. The van der Waals surface area contributed by atoms with Crippen molar-refractivity contribution in [3.63, 3.8) is 0 Å². The average molecular weight is 392 g/mol. The molecule has 22 heavy (non-hydrogen) atoms. The van der Waals surface area contributed by atoms with E-state index in [1.54, 1.807) is 4.90 Å². The minimum Gasteiger partial charge on any atom is -0.335 e. The summed E-state index contributed by atoms with van der Waals surface area (Å²) in [4.78, 5) is 14.3. The van der Waals surface area contributed by atoms with Gasteiger partial charge in [-0.15, -0.1) is 0 Å². The third kappa shape index (κ3) is 4.07. The number of sulfone groups is 1. The van der Waals surface area contributed by atoms with Crippen molar-refractivity contribution < 1.29 is 17.6 Å². The molecule has 1 heterocycles. The summed E-state index contributed by atoms with van der Waals surface area (Å²) >= 11 is 3.27. The maximum Gasteiger partial charge on any atom is 0.255 e. The van der Waals surface area contributed by atoms with E-state index in [-0.39, 0.29) is 29.0 Å². The van der Waals surface area contributed by atoms with Gasteiger partial charge in [0.05, 0.1) is 17.1 Å². The maximum atomic E-state index is 13.4. The number of halogens is 2. The first-order valence-electron chi connectivity index (χ1n) is 7.30. The fourth-order valence-electron chi connectivity index (χ4n) is 2.62. The molecule has 1 atom stereocenters. The number of nitrogens with zero attached hydrogens (tertiary/aromatic N) is 1. The van der Waals surface area contributed by atoms with Crippen molar-refractivity contribution in [2.24, 2.45) is 0 Å². The lowest BCUT2D eigenvalue weighted by atomic mass is 10.1. The molecule has 1 unspecified atom stereocenters. The molecule has 2 rings (SSSR count). The molecular weight excluding hydrogens is 373 g/mol. The fourth-order valence-corrected chi connectivity index (χ4v) is 4.76. The normalized spacial score (nSPS) is 20.0. The van der Waals surface area contributed by atoms with E-state index < -0.39 is 15.7 Å². The van der Waals surface area contributed by atoms with Gasteiger partial charge >= 0.3 is 0 Å². The molecule has 0 aliphatic carbocycles. The molecule has 1 aliphatic heterocycles. The summed E-state index contributed by atoms with van der Waals surface area (Å²) in [6, 6.07) is 3.64. The van der Waals surface area contributed by atoms with Gasteiger partial charge in [-0.1, -0.05) is 13.3 Å². The molecule has 1 saturated heterocycles. The molecule has 0 radical (unpaired) electrons. The van der Waals surface area contributed by atoms with E-state index in [9.17, 15) is 17.6 Å². The van der Waals surface area contributed by atoms with Gasteiger partial charge in [-0.05, 0) is 47.0 Å². The fraction of sp³-hybridized carbons (Fsp3) is 0.533. The van der Waals surface area contributed by atoms with Gasteiger partial charge in [0, 0.05) is 17.1 Å². The molecule has 4 nitrogen and oxygen atoms in total. The average Bonchev–Trinajstić information content (AvgIpc) is 2.82. The summed E-state index contributed by atoms with van der Waals surface area (Å²) in [5.41, 5.74) is 0.236. The van der Waals surface area contributed by atoms with E-state index in [0.717, 1.165) is 12.8 Å². The predicted octanol–water partition coefficient (Wildman–Crippen LogP) is 3.02. The van der Waals surface area contributed by atoms with E-state index in [2.05, 4.69) is 15.9 Å². The first-order valence-corrected chi connectivity index (χ1v) is 9.92. The van der Waals surface area contributed by atoms with Crippen molar-refractivity contribution in [3.8, 4) is 0 Å². The quantitative estimate of drug-likeness (QED) is 0.774. The Morgan fingerprint density at radius 1 is 1.45 bits per heavy atom. The van der Waals surface area contributed by atoms with Crippen LogP contribution in [0, 0.1) is 5.82 Å². The zero-order valence-corrected chi connectivity index (χ0v) is 14.8. The largest absolute Gasteiger partial charge is 0.335 e. The molecule has 7 heteroatoms. The van der Waals surface area contributed by atoms with Crippen LogP contribution in [0.1, 0.15) is 36.5 Å². The predicted molar refractivity (Wildman–Crippen MR) is 87.1 cm³/mol. The van der Waals surface area contributed by atoms with Crippen LogP contribution in [0.4, 0.5) is 4.39 Å². The topological polar surface area (TPSA) is 54.5 Å². The van der Waals surface area contributed by atoms with Gasteiger partial charge in [0.15, 0.2) is 9.84 Å². The zero-order chi connectivity index (χ0) is 16.3. The number of amides is 1. The van der Waals surface area contributed by atoms with Crippen LogP contribution in [-0.4, -0.2) is 43.3 Å². The van der Waals surface area contributed by atoms with Crippen molar-refractivity contribution in [1.82, 2.24) is 4.90 Å². The van der Waals surface area contributed by atoms with Crippen molar-refractivity contribution in [2.75, 3.05) is 18.1 Å². The number of carbonyl (C=O) groups excluding carboxylic acids is 1. The molecule has 0 N–H and O–H groups in total. The van der Waals surface area contributed by atoms with Gasteiger partial charge in [-0.3, -0.25) is 4.79 Å². The smallest absolute Gasteiger partial charge is 0.255 e. The summed E-state index contributed by atoms with van der Waals surface area (Å²) in [6.45, 7) is 2.49. The highest BCUT2D eigenvalue weighted by molar-refractivity contribution is 9.10. The van der Waals surface area contributed by atoms with Crippen LogP contribution in [0.2, 0.25) is 0 Å². The molecule has 122 valence electrons. The molecule has 0 spiro atoms. The Morgan fingerprint density at radius 2 is 2.18 bits per heavy atom. The Labute approximate surface area is 138 Å². The second-order valence-corrected chi connectivity index (χ2v) is 8.62. The van der Waals surface area contributed by atoms with Crippen molar-refractivity contribution >= 4 is 31.7 Å². The third-order valence-corrected chi connectivity index (χ3v) is 6.26. The minimum atomic E-state index is -3.08. The monoisotopic (exact) mass is 391 g/mol. The number of carbonyl (C=O) groups is 1. The molecule has 0 saturated carbocycles. The summed E-state index contributed by atoms with van der Waals surface area (Å²) in [6.07, 6.45) is 2.13. The third-order valence-electron chi connectivity index (χ3n) is 3.82. The van der Waals surface area contributed by atoms with E-state index in [1.165, 1.54) is 18.2 Å². The SMILES string of the molecule is CCCCN(C(=O)c1cc(F)ccc1Br)C1CCS(=O)(=O)C1. The second-order valence-electron chi connectivity index (χ2n) is 5.53. The van der Waals surface area contributed by atoms with Crippen LogP contribution >= 0.6 is 15.9 Å². The van der Waals surface area contributed by atoms with Crippen LogP contribution < -0.4 is 0 Å². The lowest BCUT2D eigenvalue weighted by molar-refractivity contribution is 0.0692. The summed E-state index contributed by atoms with van der Waals surface area (Å²) in [5, 5.41) is 0. The Morgan fingerprint density at radius 3 is 2.77 bits per heavy atom. The standard InChI is InChI=1S/C15H19BrFNO3S/c1-2-3-7-18(12-6-8-22(20,21)10-12)15(19)13-9-11(17)4-5-14(13)16/h4-5,9,12H,2-3,6-8,10H2,1H3. The molecule has 1 aromatic rings. The summed E-state index contributed by atoms with van der Waals surface area (Å²) in [7, 11) is -3.08. The van der Waals surface area contributed by atoms with Gasteiger partial charge in [0.25, 0.3) is 5.91 Å². The van der Waals surface area contributed by atoms with E-state index in [4.69, 9.17) is 0 Å².